The van der Waals surface area contributed by atoms with Gasteiger partial charge in [-0.25, -0.2) is 0 Å². The van der Waals surface area contributed by atoms with Crippen LogP contribution >= 0.6 is 11.8 Å². The maximum absolute atomic E-state index is 10.9. The minimum atomic E-state index is -0.478. The fraction of sp³-hybridized carbons (Fsp3) is 0.455. The van der Waals surface area contributed by atoms with Gasteiger partial charge in [-0.05, 0) is 50.3 Å². The van der Waals surface area contributed by atoms with Crippen LogP contribution in [0.5, 0.6) is 5.75 Å². The van der Waals surface area contributed by atoms with Crippen molar-refractivity contribution in [2.24, 2.45) is 0 Å². The quantitative estimate of drug-likeness (QED) is 0.196. The number of hydrogen-bond acceptors (Lipinski definition) is 9. The van der Waals surface area contributed by atoms with Crippen molar-refractivity contribution in [1.29, 1.82) is 0 Å². The third-order valence-electron chi connectivity index (χ3n) is 4.22. The molecule has 10 heteroatoms. The Labute approximate surface area is 193 Å². The van der Waals surface area contributed by atoms with Crippen LogP contribution < -0.4 is 15.4 Å². The number of thioether (sulfide) groups is 1. The number of nitro groups is 1. The molecule has 1 heterocycles. The lowest BCUT2D eigenvalue weighted by molar-refractivity contribution is -0.404. The molecule has 176 valence electrons. The molecule has 0 atom stereocenters. The minimum Gasteiger partial charge on any atom is -0.494 e. The van der Waals surface area contributed by atoms with Crippen LogP contribution in [0.25, 0.3) is 0 Å². The van der Waals surface area contributed by atoms with Crippen molar-refractivity contribution in [2.45, 2.75) is 25.3 Å². The van der Waals surface area contributed by atoms with Crippen LogP contribution in [-0.2, 0) is 18.9 Å². The van der Waals surface area contributed by atoms with Gasteiger partial charge in [0.1, 0.15) is 17.3 Å². The summed E-state index contributed by atoms with van der Waals surface area (Å²) in [7, 11) is 3.99. The summed E-state index contributed by atoms with van der Waals surface area (Å²) in [5, 5.41) is 26.2. The number of nitrogens with one attached hydrogen (secondary N) is 2. The monoisotopic (exact) mass is 464 g/mol. The molecule has 0 radical (unpaired) electrons. The van der Waals surface area contributed by atoms with E-state index in [0.717, 1.165) is 41.3 Å². The van der Waals surface area contributed by atoms with E-state index in [-0.39, 0.29) is 6.61 Å². The molecule has 9 nitrogen and oxygen atoms in total. The Hall–Kier alpha value is -2.69. The smallest absolute Gasteiger partial charge is 0.274 e. The van der Waals surface area contributed by atoms with Gasteiger partial charge >= 0.3 is 0 Å². The second-order valence-electron chi connectivity index (χ2n) is 7.35. The summed E-state index contributed by atoms with van der Waals surface area (Å²) in [5.74, 6) is 4.48. The summed E-state index contributed by atoms with van der Waals surface area (Å²) in [5.41, 5.74) is 0.792. The first-order chi connectivity index (χ1) is 15.5. The zero-order chi connectivity index (χ0) is 23.2. The minimum absolute atomic E-state index is 0.0310. The van der Waals surface area contributed by atoms with Crippen LogP contribution in [-0.4, -0.2) is 54.5 Å². The molecule has 0 aliphatic rings. The van der Waals surface area contributed by atoms with Crippen LogP contribution in [0.4, 0.5) is 0 Å². The Kier molecular flexibility index (Phi) is 11.5. The number of aliphatic hydroxyl groups is 1. The number of furan rings is 1. The summed E-state index contributed by atoms with van der Waals surface area (Å²) >= 11 is 1.70. The molecule has 0 unspecified atom stereocenters. The zero-order valence-corrected chi connectivity index (χ0v) is 19.4. The Morgan fingerprint density at radius 1 is 1.25 bits per heavy atom. The van der Waals surface area contributed by atoms with E-state index in [1.54, 1.807) is 17.8 Å². The molecule has 1 aromatic heterocycles. The molecule has 2 rings (SSSR count). The van der Waals surface area contributed by atoms with Crippen molar-refractivity contribution in [1.82, 2.24) is 15.5 Å². The van der Waals surface area contributed by atoms with Gasteiger partial charge in [-0.15, -0.1) is 0 Å². The molecule has 1 aromatic carbocycles. The molecule has 0 aliphatic carbocycles. The maximum atomic E-state index is 10.9. The highest BCUT2D eigenvalue weighted by molar-refractivity contribution is 7.98. The van der Waals surface area contributed by atoms with Crippen molar-refractivity contribution in [3.8, 4) is 5.75 Å². The lowest BCUT2D eigenvalue weighted by Crippen LogP contribution is -2.30. The number of hydrogen-bond donors (Lipinski definition) is 3. The molecular formula is C22H32N4O5S. The van der Waals surface area contributed by atoms with Crippen molar-refractivity contribution >= 4 is 11.8 Å². The van der Waals surface area contributed by atoms with Crippen LogP contribution in [0.3, 0.4) is 0 Å². The summed E-state index contributed by atoms with van der Waals surface area (Å²) in [6, 6.07) is 11.2. The predicted molar refractivity (Wildman–Crippen MR) is 126 cm³/mol. The topological polar surface area (TPSA) is 113 Å². The van der Waals surface area contributed by atoms with E-state index in [1.165, 1.54) is 0 Å². The van der Waals surface area contributed by atoms with Crippen LogP contribution in [0.1, 0.15) is 23.5 Å². The van der Waals surface area contributed by atoms with Gasteiger partial charge < -0.3 is 29.8 Å². The van der Waals surface area contributed by atoms with E-state index in [2.05, 4.69) is 15.5 Å². The highest BCUT2D eigenvalue weighted by Crippen LogP contribution is 2.16. The molecule has 32 heavy (non-hydrogen) atoms. The van der Waals surface area contributed by atoms with Crippen LogP contribution in [0.15, 0.2) is 52.8 Å². The van der Waals surface area contributed by atoms with Crippen molar-refractivity contribution < 1.29 is 19.2 Å². The molecule has 0 saturated carbocycles. The maximum Gasteiger partial charge on any atom is 0.274 e. The molecule has 2 aromatic rings. The molecule has 0 amide bonds. The fourth-order valence-electron chi connectivity index (χ4n) is 2.81. The second-order valence-corrected chi connectivity index (χ2v) is 8.45. The Bertz CT molecular complexity index is 856. The third kappa shape index (κ3) is 10.6. The number of nitrogens with zero attached hydrogens (tertiary/aromatic N) is 2. The first-order valence-electron chi connectivity index (χ1n) is 10.4. The zero-order valence-electron chi connectivity index (χ0n) is 18.6. The molecule has 3 N–H and O–H groups in total. The van der Waals surface area contributed by atoms with Gasteiger partial charge in [-0.3, -0.25) is 10.1 Å². The molecular weight excluding hydrogens is 432 g/mol. The summed E-state index contributed by atoms with van der Waals surface area (Å²) < 4.78 is 11.4. The number of aliphatic hydroxyl groups excluding tert-OH is 1. The fourth-order valence-corrected chi connectivity index (χ4v) is 3.55. The van der Waals surface area contributed by atoms with Gasteiger partial charge in [0.2, 0.25) is 0 Å². The summed E-state index contributed by atoms with van der Waals surface area (Å²) in [4.78, 5) is 12.5. The molecule has 0 fully saturated rings. The van der Waals surface area contributed by atoms with Gasteiger partial charge in [0, 0.05) is 18.8 Å². The average Bonchev–Trinajstić information content (AvgIpc) is 3.19. The standard InChI is InChI=1S/C22H32N4O5S/c1-25(2)14-20-7-8-21(31-20)17-32-12-10-24-22(15-26(28)29)23-9-4-11-30-19-6-3-5-18(13-19)16-27/h3,5-8,13,15,23-24,27H,4,9-12,14,16-17H2,1-2H3. The van der Waals surface area contributed by atoms with E-state index < -0.39 is 4.92 Å². The van der Waals surface area contributed by atoms with E-state index in [1.807, 2.05) is 44.4 Å². The Balaban J connectivity index is 1.63. The largest absolute Gasteiger partial charge is 0.494 e. The predicted octanol–water partition coefficient (Wildman–Crippen LogP) is 2.79. The van der Waals surface area contributed by atoms with Gasteiger partial charge in [0.25, 0.3) is 6.20 Å². The third-order valence-corrected chi connectivity index (χ3v) is 5.20. The molecule has 0 aliphatic heterocycles. The van der Waals surface area contributed by atoms with Crippen molar-refractivity contribution in [2.75, 3.05) is 39.5 Å². The van der Waals surface area contributed by atoms with Gasteiger partial charge in [0.15, 0.2) is 5.82 Å². The van der Waals surface area contributed by atoms with Crippen LogP contribution in [0.2, 0.25) is 0 Å². The van der Waals surface area contributed by atoms with Crippen molar-refractivity contribution in [3.05, 3.63) is 75.6 Å². The molecule has 0 bridgehead atoms. The lowest BCUT2D eigenvalue weighted by Gasteiger charge is -2.12. The van der Waals surface area contributed by atoms with Crippen molar-refractivity contribution in [3.63, 3.8) is 0 Å². The highest BCUT2D eigenvalue weighted by atomic mass is 32.2. The first-order valence-corrected chi connectivity index (χ1v) is 11.6. The molecule has 0 saturated heterocycles. The van der Waals surface area contributed by atoms with E-state index in [0.29, 0.717) is 37.7 Å². The molecule has 0 spiro atoms. The SMILES string of the molecule is CN(C)Cc1ccc(CSCCNC(=C[N+](=O)[O-])NCCCOc2cccc(CO)c2)o1. The Morgan fingerprint density at radius 3 is 2.78 bits per heavy atom. The summed E-state index contributed by atoms with van der Waals surface area (Å²) in [6.45, 7) is 2.32. The van der Waals surface area contributed by atoms with Gasteiger partial charge in [0.05, 0.1) is 30.4 Å². The number of ether oxygens (including phenoxy) is 1. The number of rotatable bonds is 16. The highest BCUT2D eigenvalue weighted by Gasteiger charge is 2.05. The normalized spacial score (nSPS) is 11.6. The van der Waals surface area contributed by atoms with E-state index in [9.17, 15) is 10.1 Å². The van der Waals surface area contributed by atoms with E-state index in [4.69, 9.17) is 14.3 Å². The van der Waals surface area contributed by atoms with E-state index >= 15 is 0 Å². The average molecular weight is 465 g/mol. The first kappa shape index (κ1) is 25.6. The Morgan fingerprint density at radius 2 is 2.03 bits per heavy atom. The van der Waals surface area contributed by atoms with Gasteiger partial charge in [-0.1, -0.05) is 12.1 Å². The second kappa shape index (κ2) is 14.4. The lowest BCUT2D eigenvalue weighted by atomic mass is 10.2. The van der Waals surface area contributed by atoms with Gasteiger partial charge in [-0.2, -0.15) is 11.8 Å². The summed E-state index contributed by atoms with van der Waals surface area (Å²) in [6.07, 6.45) is 1.61. The number of benzene rings is 1. The van der Waals surface area contributed by atoms with Crippen LogP contribution in [0, 0.1) is 10.1 Å².